The van der Waals surface area contributed by atoms with Crippen LogP contribution in [0.15, 0.2) is 24.3 Å². The van der Waals surface area contributed by atoms with Crippen LogP contribution >= 0.6 is 0 Å². The first-order chi connectivity index (χ1) is 10.6. The summed E-state index contributed by atoms with van der Waals surface area (Å²) in [5.74, 6) is 0.836. The molecule has 1 fully saturated rings. The predicted octanol–water partition coefficient (Wildman–Crippen LogP) is 2.77. The standard InChI is InChI=1S/C18H26N2O2/c1-12-9-14-6-2-3-8-16(14)17(12)20-18(22)19-11-13-5-4-7-15(21)10-13/h2-3,6,8,12-13,15,17,21H,4-5,7,9-11H2,1H3,(H2,19,20,22). The number of rotatable bonds is 3. The lowest BCUT2D eigenvalue weighted by Crippen LogP contribution is -2.42. The van der Waals surface area contributed by atoms with Crippen molar-refractivity contribution in [1.29, 1.82) is 0 Å². The number of amides is 2. The summed E-state index contributed by atoms with van der Waals surface area (Å²) in [6, 6.07) is 8.37. The second kappa shape index (κ2) is 6.69. The minimum absolute atomic E-state index is 0.0892. The Hall–Kier alpha value is -1.55. The normalized spacial score (nSPS) is 30.6. The predicted molar refractivity (Wildman–Crippen MR) is 86.6 cm³/mol. The molecule has 22 heavy (non-hydrogen) atoms. The van der Waals surface area contributed by atoms with Crippen LogP contribution in [0.25, 0.3) is 0 Å². The Morgan fingerprint density at radius 3 is 2.95 bits per heavy atom. The van der Waals surface area contributed by atoms with E-state index in [0.717, 1.165) is 32.1 Å². The molecule has 4 heteroatoms. The first-order valence-corrected chi connectivity index (χ1v) is 8.43. The lowest BCUT2D eigenvalue weighted by Gasteiger charge is -2.26. The topological polar surface area (TPSA) is 61.4 Å². The van der Waals surface area contributed by atoms with Gasteiger partial charge in [-0.1, -0.05) is 37.6 Å². The van der Waals surface area contributed by atoms with Gasteiger partial charge in [-0.15, -0.1) is 0 Å². The monoisotopic (exact) mass is 302 g/mol. The zero-order valence-electron chi connectivity index (χ0n) is 13.2. The Labute approximate surface area is 132 Å². The summed E-state index contributed by atoms with van der Waals surface area (Å²) in [6.45, 7) is 2.84. The molecule has 0 spiro atoms. The van der Waals surface area contributed by atoms with E-state index in [9.17, 15) is 9.90 Å². The van der Waals surface area contributed by atoms with Crippen molar-refractivity contribution < 1.29 is 9.90 Å². The quantitative estimate of drug-likeness (QED) is 0.804. The molecule has 4 nitrogen and oxygen atoms in total. The van der Waals surface area contributed by atoms with Gasteiger partial charge < -0.3 is 15.7 Å². The number of fused-ring (bicyclic) bond motifs is 1. The van der Waals surface area contributed by atoms with Gasteiger partial charge in [-0.2, -0.15) is 0 Å². The summed E-state index contributed by atoms with van der Waals surface area (Å²) in [5.41, 5.74) is 2.59. The maximum atomic E-state index is 12.2. The number of benzene rings is 1. The SMILES string of the molecule is CC1Cc2ccccc2C1NC(=O)NCC1CCCC(O)C1. The first kappa shape index (κ1) is 15.3. The van der Waals surface area contributed by atoms with Gasteiger partial charge in [0.15, 0.2) is 0 Å². The van der Waals surface area contributed by atoms with Crippen LogP contribution in [0.2, 0.25) is 0 Å². The molecule has 3 N–H and O–H groups in total. The van der Waals surface area contributed by atoms with Gasteiger partial charge >= 0.3 is 6.03 Å². The third-order valence-corrected chi connectivity index (χ3v) is 5.09. The molecule has 0 radical (unpaired) electrons. The smallest absolute Gasteiger partial charge is 0.315 e. The molecule has 0 heterocycles. The summed E-state index contributed by atoms with van der Waals surface area (Å²) in [4.78, 5) is 12.2. The summed E-state index contributed by atoms with van der Waals surface area (Å²) >= 11 is 0. The maximum absolute atomic E-state index is 12.2. The molecular formula is C18H26N2O2. The molecule has 120 valence electrons. The van der Waals surface area contributed by atoms with Gasteiger partial charge in [0.2, 0.25) is 0 Å². The Balaban J connectivity index is 1.52. The zero-order chi connectivity index (χ0) is 15.5. The van der Waals surface area contributed by atoms with E-state index in [1.807, 2.05) is 6.07 Å². The van der Waals surface area contributed by atoms with E-state index in [-0.39, 0.29) is 18.2 Å². The summed E-state index contributed by atoms with van der Waals surface area (Å²) < 4.78 is 0. The second-order valence-electron chi connectivity index (χ2n) is 6.90. The van der Waals surface area contributed by atoms with Gasteiger partial charge in [0.1, 0.15) is 0 Å². The molecule has 2 aliphatic carbocycles. The van der Waals surface area contributed by atoms with E-state index < -0.39 is 0 Å². The minimum Gasteiger partial charge on any atom is -0.393 e. The Bertz CT molecular complexity index is 532. The van der Waals surface area contributed by atoms with E-state index in [2.05, 4.69) is 35.8 Å². The van der Waals surface area contributed by atoms with Crippen molar-refractivity contribution in [3.8, 4) is 0 Å². The molecular weight excluding hydrogens is 276 g/mol. The fourth-order valence-corrected chi connectivity index (χ4v) is 3.89. The molecule has 1 aromatic rings. The van der Waals surface area contributed by atoms with Crippen molar-refractivity contribution >= 4 is 6.03 Å². The van der Waals surface area contributed by atoms with Gasteiger partial charge in [0, 0.05) is 6.54 Å². The molecule has 2 aliphatic rings. The number of urea groups is 1. The van der Waals surface area contributed by atoms with Crippen LogP contribution in [-0.2, 0) is 6.42 Å². The largest absolute Gasteiger partial charge is 0.393 e. The van der Waals surface area contributed by atoms with E-state index in [0.29, 0.717) is 18.4 Å². The van der Waals surface area contributed by atoms with E-state index >= 15 is 0 Å². The Morgan fingerprint density at radius 2 is 2.14 bits per heavy atom. The van der Waals surface area contributed by atoms with Crippen LogP contribution in [0.1, 0.15) is 49.8 Å². The number of carbonyl (C=O) groups excluding carboxylic acids is 1. The highest BCUT2D eigenvalue weighted by molar-refractivity contribution is 5.74. The van der Waals surface area contributed by atoms with E-state index in [1.165, 1.54) is 11.1 Å². The molecule has 4 atom stereocenters. The molecule has 0 aliphatic heterocycles. The highest BCUT2D eigenvalue weighted by atomic mass is 16.3. The molecule has 4 unspecified atom stereocenters. The lowest BCUT2D eigenvalue weighted by atomic mass is 9.87. The van der Waals surface area contributed by atoms with Crippen LogP contribution in [0.4, 0.5) is 4.79 Å². The summed E-state index contributed by atoms with van der Waals surface area (Å²) in [7, 11) is 0. The van der Waals surface area contributed by atoms with Crippen molar-refractivity contribution in [1.82, 2.24) is 10.6 Å². The summed E-state index contributed by atoms with van der Waals surface area (Å²) in [5, 5.41) is 15.8. The number of nitrogens with one attached hydrogen (secondary N) is 2. The molecule has 1 saturated carbocycles. The molecule has 1 aromatic carbocycles. The third-order valence-electron chi connectivity index (χ3n) is 5.09. The van der Waals surface area contributed by atoms with Crippen molar-refractivity contribution in [3.05, 3.63) is 35.4 Å². The Kier molecular flexibility index (Phi) is 4.67. The third kappa shape index (κ3) is 3.43. The number of aliphatic hydroxyl groups excluding tert-OH is 1. The van der Waals surface area contributed by atoms with Gasteiger partial charge in [-0.3, -0.25) is 0 Å². The van der Waals surface area contributed by atoms with Crippen molar-refractivity contribution in [3.63, 3.8) is 0 Å². The average Bonchev–Trinajstić information content (AvgIpc) is 2.81. The number of carbonyl (C=O) groups is 1. The molecule has 0 bridgehead atoms. The zero-order valence-corrected chi connectivity index (χ0v) is 13.2. The van der Waals surface area contributed by atoms with Crippen LogP contribution in [-0.4, -0.2) is 23.8 Å². The number of hydrogen-bond donors (Lipinski definition) is 3. The average molecular weight is 302 g/mol. The van der Waals surface area contributed by atoms with Crippen molar-refractivity contribution in [2.75, 3.05) is 6.54 Å². The fraction of sp³-hybridized carbons (Fsp3) is 0.611. The Morgan fingerprint density at radius 1 is 1.32 bits per heavy atom. The lowest BCUT2D eigenvalue weighted by molar-refractivity contribution is 0.101. The summed E-state index contributed by atoms with van der Waals surface area (Å²) in [6.07, 6.45) is 4.70. The minimum atomic E-state index is -0.189. The molecule has 0 aromatic heterocycles. The highest BCUT2D eigenvalue weighted by Gasteiger charge is 2.30. The maximum Gasteiger partial charge on any atom is 0.315 e. The molecule has 3 rings (SSSR count). The van der Waals surface area contributed by atoms with E-state index in [1.54, 1.807) is 0 Å². The molecule has 2 amide bonds. The van der Waals surface area contributed by atoms with Crippen LogP contribution in [0.3, 0.4) is 0 Å². The van der Waals surface area contributed by atoms with Crippen molar-refractivity contribution in [2.24, 2.45) is 11.8 Å². The van der Waals surface area contributed by atoms with Crippen molar-refractivity contribution in [2.45, 2.75) is 51.2 Å². The van der Waals surface area contributed by atoms with Gasteiger partial charge in [0.05, 0.1) is 12.1 Å². The van der Waals surface area contributed by atoms with Gasteiger partial charge in [-0.25, -0.2) is 4.79 Å². The number of aliphatic hydroxyl groups is 1. The fourth-order valence-electron chi connectivity index (χ4n) is 3.89. The second-order valence-corrected chi connectivity index (χ2v) is 6.90. The van der Waals surface area contributed by atoms with Crippen LogP contribution < -0.4 is 10.6 Å². The van der Waals surface area contributed by atoms with Crippen LogP contribution in [0, 0.1) is 11.8 Å². The first-order valence-electron chi connectivity index (χ1n) is 8.43. The van der Waals surface area contributed by atoms with Gasteiger partial charge in [-0.05, 0) is 48.6 Å². The van der Waals surface area contributed by atoms with Gasteiger partial charge in [0.25, 0.3) is 0 Å². The van der Waals surface area contributed by atoms with Crippen LogP contribution in [0.5, 0.6) is 0 Å². The van der Waals surface area contributed by atoms with E-state index in [4.69, 9.17) is 0 Å². The molecule has 0 saturated heterocycles. The highest BCUT2D eigenvalue weighted by Crippen LogP contribution is 2.35. The number of hydrogen-bond acceptors (Lipinski definition) is 2.